The van der Waals surface area contributed by atoms with Crippen molar-refractivity contribution < 1.29 is 4.74 Å². The van der Waals surface area contributed by atoms with Crippen molar-refractivity contribution in [1.82, 2.24) is 9.97 Å². The highest BCUT2D eigenvalue weighted by atomic mass is 16.5. The number of hydrogen-bond acceptors (Lipinski definition) is 7. The number of nitrogens with zero attached hydrogens (tertiary/aromatic N) is 3. The first-order valence-electron chi connectivity index (χ1n) is 8.73. The van der Waals surface area contributed by atoms with E-state index < -0.39 is 0 Å². The Kier molecular flexibility index (Phi) is 6.52. The molecule has 0 amide bonds. The molecule has 0 fully saturated rings. The molecule has 2 aromatic rings. The lowest BCUT2D eigenvalue weighted by atomic mass is 10.0. The lowest BCUT2D eigenvalue weighted by Gasteiger charge is -2.27. The fraction of sp³-hybridized carbons (Fsp3) is 0.474. The van der Waals surface area contributed by atoms with Gasteiger partial charge in [-0.1, -0.05) is 17.7 Å². The number of rotatable bonds is 7. The third-order valence-corrected chi connectivity index (χ3v) is 4.35. The summed E-state index contributed by atoms with van der Waals surface area (Å²) in [5.74, 6) is 8.22. The van der Waals surface area contributed by atoms with Gasteiger partial charge in [0.25, 0.3) is 0 Å². The molecule has 0 spiro atoms. The molecule has 1 aromatic heterocycles. The van der Waals surface area contributed by atoms with Gasteiger partial charge in [0.1, 0.15) is 11.6 Å². The van der Waals surface area contributed by atoms with Crippen LogP contribution in [-0.2, 0) is 11.3 Å². The number of hydrogen-bond donors (Lipinski definition) is 3. The quantitative estimate of drug-likeness (QED) is 0.516. The number of hydrazine groups is 1. The second-order valence-corrected chi connectivity index (χ2v) is 6.74. The van der Waals surface area contributed by atoms with Crippen LogP contribution in [0.4, 0.5) is 17.3 Å². The molecule has 0 aliphatic carbocycles. The zero-order chi connectivity index (χ0) is 19.4. The molecule has 2 rings (SSSR count). The second-order valence-electron chi connectivity index (χ2n) is 6.74. The Hall–Kier alpha value is -2.22. The summed E-state index contributed by atoms with van der Waals surface area (Å²) in [4.78, 5) is 9.10. The highest BCUT2D eigenvalue weighted by molar-refractivity contribution is 5.70. The van der Waals surface area contributed by atoms with Crippen molar-refractivity contribution in [3.05, 3.63) is 40.2 Å². The van der Waals surface area contributed by atoms with Gasteiger partial charge in [0, 0.05) is 19.3 Å². The lowest BCUT2D eigenvalue weighted by molar-refractivity contribution is 0.181. The largest absolute Gasteiger partial charge is 0.382 e. The molecule has 0 aliphatic rings. The molecule has 142 valence electrons. The van der Waals surface area contributed by atoms with Gasteiger partial charge in [-0.25, -0.2) is 15.8 Å². The van der Waals surface area contributed by atoms with Crippen LogP contribution in [0.25, 0.3) is 0 Å². The fourth-order valence-electron chi connectivity index (χ4n) is 3.11. The molecule has 1 aromatic carbocycles. The van der Waals surface area contributed by atoms with Gasteiger partial charge in [-0.15, -0.1) is 0 Å². The predicted molar refractivity (Wildman–Crippen MR) is 107 cm³/mol. The summed E-state index contributed by atoms with van der Waals surface area (Å²) in [6.07, 6.45) is 0. The Morgan fingerprint density at radius 1 is 1.15 bits per heavy atom. The van der Waals surface area contributed by atoms with E-state index >= 15 is 0 Å². The summed E-state index contributed by atoms with van der Waals surface area (Å²) in [5, 5.41) is 5.05. The van der Waals surface area contributed by atoms with E-state index in [-0.39, 0.29) is 12.6 Å². The van der Waals surface area contributed by atoms with Crippen LogP contribution < -0.4 is 21.9 Å². The van der Waals surface area contributed by atoms with Crippen molar-refractivity contribution in [2.75, 3.05) is 24.0 Å². The van der Waals surface area contributed by atoms with Gasteiger partial charge in [0.2, 0.25) is 0 Å². The van der Waals surface area contributed by atoms with Crippen molar-refractivity contribution in [1.29, 1.82) is 0 Å². The molecule has 26 heavy (non-hydrogen) atoms. The molecule has 0 saturated carbocycles. The van der Waals surface area contributed by atoms with Gasteiger partial charge in [0.05, 0.1) is 18.2 Å². The first kappa shape index (κ1) is 20.1. The Morgan fingerprint density at radius 3 is 2.31 bits per heavy atom. The Labute approximate surface area is 155 Å². The number of nitrogens with one attached hydrogen (secondary N) is 1. The maximum absolute atomic E-state index is 6.29. The van der Waals surface area contributed by atoms with Gasteiger partial charge >= 0.3 is 0 Å². The van der Waals surface area contributed by atoms with Crippen molar-refractivity contribution in [2.45, 2.75) is 47.2 Å². The van der Waals surface area contributed by atoms with Gasteiger partial charge in [-0.05, 0) is 45.7 Å². The van der Waals surface area contributed by atoms with E-state index in [4.69, 9.17) is 16.3 Å². The van der Waals surface area contributed by atoms with Crippen LogP contribution in [0.1, 0.15) is 35.0 Å². The van der Waals surface area contributed by atoms with Gasteiger partial charge < -0.3 is 15.8 Å². The predicted octanol–water partition coefficient (Wildman–Crippen LogP) is 2.63. The Balaban J connectivity index is 2.50. The topological polar surface area (TPSA) is 102 Å². The number of methoxy groups -OCH3 is 1. The monoisotopic (exact) mass is 358 g/mol. The van der Waals surface area contributed by atoms with E-state index in [1.807, 2.05) is 13.8 Å². The Morgan fingerprint density at radius 2 is 1.77 bits per heavy atom. The zero-order valence-electron chi connectivity index (χ0n) is 16.6. The maximum atomic E-state index is 6.29. The molecule has 1 unspecified atom stereocenters. The van der Waals surface area contributed by atoms with Crippen molar-refractivity contribution in [2.24, 2.45) is 11.6 Å². The van der Waals surface area contributed by atoms with E-state index in [0.29, 0.717) is 24.1 Å². The summed E-state index contributed by atoms with van der Waals surface area (Å²) < 4.78 is 5.21. The third-order valence-electron chi connectivity index (χ3n) is 4.35. The molecule has 0 bridgehead atoms. The van der Waals surface area contributed by atoms with Gasteiger partial charge in [-0.2, -0.15) is 0 Å². The van der Waals surface area contributed by atoms with Crippen molar-refractivity contribution in [3.63, 3.8) is 0 Å². The molecule has 7 nitrogen and oxygen atoms in total. The van der Waals surface area contributed by atoms with Crippen molar-refractivity contribution in [3.8, 4) is 0 Å². The van der Waals surface area contributed by atoms with Crippen LogP contribution >= 0.6 is 0 Å². The van der Waals surface area contributed by atoms with Crippen LogP contribution in [0.2, 0.25) is 0 Å². The summed E-state index contributed by atoms with van der Waals surface area (Å²) in [6.45, 7) is 10.8. The highest BCUT2D eigenvalue weighted by Crippen LogP contribution is 2.30. The smallest absolute Gasteiger partial charge is 0.153 e. The average molecular weight is 358 g/mol. The standard InChI is InChI=1S/C19H30N6O/c1-11-7-12(2)17(13(3)8-11)24-18-16(9-20)19(23-15(5)22-18)25(21)14(4)10-26-6/h7-8,14H,9-10,20-21H2,1-6H3,(H,22,23,24). The Bertz CT molecular complexity index is 754. The summed E-state index contributed by atoms with van der Waals surface area (Å²) in [7, 11) is 1.65. The number of aryl methyl sites for hydroxylation is 4. The number of anilines is 3. The molecule has 0 saturated heterocycles. The van der Waals surface area contributed by atoms with E-state index in [2.05, 4.69) is 48.2 Å². The molecule has 7 heteroatoms. The van der Waals surface area contributed by atoms with Crippen LogP contribution in [0.5, 0.6) is 0 Å². The van der Waals surface area contributed by atoms with Gasteiger partial charge in [-0.3, -0.25) is 5.01 Å². The van der Waals surface area contributed by atoms with Crippen LogP contribution in [0.3, 0.4) is 0 Å². The molecule has 1 heterocycles. The van der Waals surface area contributed by atoms with E-state index in [9.17, 15) is 0 Å². The summed E-state index contributed by atoms with van der Waals surface area (Å²) in [5.41, 5.74) is 11.4. The van der Waals surface area contributed by atoms with Crippen LogP contribution in [0.15, 0.2) is 12.1 Å². The minimum Gasteiger partial charge on any atom is -0.382 e. The molecule has 1 atom stereocenters. The minimum atomic E-state index is -0.0460. The van der Waals surface area contributed by atoms with E-state index in [1.54, 1.807) is 12.1 Å². The number of nitrogens with two attached hydrogens (primary N) is 2. The third kappa shape index (κ3) is 4.30. The number of aromatic nitrogens is 2. The van der Waals surface area contributed by atoms with E-state index in [0.717, 1.165) is 22.4 Å². The number of benzene rings is 1. The highest BCUT2D eigenvalue weighted by Gasteiger charge is 2.20. The first-order chi connectivity index (χ1) is 12.3. The van der Waals surface area contributed by atoms with Gasteiger partial charge in [0.15, 0.2) is 5.82 Å². The summed E-state index contributed by atoms with van der Waals surface area (Å²) >= 11 is 0. The lowest BCUT2D eigenvalue weighted by Crippen LogP contribution is -2.43. The molecule has 5 N–H and O–H groups in total. The molecule has 0 radical (unpaired) electrons. The minimum absolute atomic E-state index is 0.0460. The zero-order valence-corrected chi connectivity index (χ0v) is 16.6. The molecule has 0 aliphatic heterocycles. The van der Waals surface area contributed by atoms with Crippen molar-refractivity contribution >= 4 is 17.3 Å². The summed E-state index contributed by atoms with van der Waals surface area (Å²) in [6, 6.07) is 4.24. The fourth-order valence-corrected chi connectivity index (χ4v) is 3.11. The molecular formula is C19H30N6O. The normalized spacial score (nSPS) is 12.2. The molecular weight excluding hydrogens is 328 g/mol. The second kappa shape index (κ2) is 8.44. The van der Waals surface area contributed by atoms with Crippen LogP contribution in [0, 0.1) is 27.7 Å². The SMILES string of the molecule is COCC(C)N(N)c1nc(C)nc(Nc2c(C)cc(C)cc2C)c1CN. The average Bonchev–Trinajstić information content (AvgIpc) is 2.57. The van der Waals surface area contributed by atoms with Crippen LogP contribution in [-0.4, -0.2) is 29.7 Å². The maximum Gasteiger partial charge on any atom is 0.153 e. The van der Waals surface area contributed by atoms with E-state index in [1.165, 1.54) is 5.56 Å². The number of ether oxygens (including phenoxy) is 1. The first-order valence-corrected chi connectivity index (χ1v) is 8.73.